The molecule has 7 nitrogen and oxygen atoms in total. The maximum atomic E-state index is 13.1. The number of aromatic nitrogens is 4. The summed E-state index contributed by atoms with van der Waals surface area (Å²) < 4.78 is 14.7. The Morgan fingerprint density at radius 3 is 2.69 bits per heavy atom. The lowest BCUT2D eigenvalue weighted by Gasteiger charge is -2.47. The minimum atomic E-state index is -1.62. The number of nitrogens with two attached hydrogens (primary N) is 1. The molecular weight excluding hydrogens is 409 g/mol. The number of nitrogens with zero attached hydrogens (tertiary/aromatic N) is 4. The van der Waals surface area contributed by atoms with E-state index in [2.05, 4.69) is 15.1 Å². The Kier molecular flexibility index (Phi) is 4.81. The summed E-state index contributed by atoms with van der Waals surface area (Å²) in [7, 11) is 0. The minimum absolute atomic E-state index is 0.266. The highest BCUT2D eigenvalue weighted by molar-refractivity contribution is 5.84. The van der Waals surface area contributed by atoms with Crippen molar-refractivity contribution in [3.63, 3.8) is 0 Å². The van der Waals surface area contributed by atoms with Gasteiger partial charge in [-0.3, -0.25) is 5.73 Å². The molecule has 32 heavy (non-hydrogen) atoms. The summed E-state index contributed by atoms with van der Waals surface area (Å²) in [4.78, 5) is 8.95. The summed E-state index contributed by atoms with van der Waals surface area (Å²) in [6, 6.07) is 16.3. The van der Waals surface area contributed by atoms with Gasteiger partial charge in [-0.1, -0.05) is 24.3 Å². The van der Waals surface area contributed by atoms with E-state index in [1.807, 2.05) is 24.3 Å². The molecule has 1 fully saturated rings. The average Bonchev–Trinajstić information content (AvgIpc) is 3.21. The number of rotatable bonds is 5. The Bertz CT molecular complexity index is 1290. The molecule has 0 radical (unpaired) electrons. The summed E-state index contributed by atoms with van der Waals surface area (Å²) in [5.74, 6) is 0.264. The number of hydrogen-bond donors (Lipinski definition) is 3. The van der Waals surface area contributed by atoms with E-state index in [-0.39, 0.29) is 5.92 Å². The van der Waals surface area contributed by atoms with Crippen molar-refractivity contribution in [1.82, 2.24) is 19.7 Å². The molecule has 0 spiro atoms. The molecule has 0 bridgehead atoms. The fraction of sp³-hybridized carbons (Fsp3) is 0.292. The van der Waals surface area contributed by atoms with E-state index in [1.165, 1.54) is 0 Å². The smallest absolute Gasteiger partial charge is 0.159 e. The molecule has 1 aliphatic carbocycles. The van der Waals surface area contributed by atoms with Crippen molar-refractivity contribution >= 4 is 10.9 Å². The van der Waals surface area contributed by atoms with E-state index >= 15 is 0 Å². The number of fused-ring (bicyclic) bond motifs is 1. The third-order valence-corrected chi connectivity index (χ3v) is 6.17. The summed E-state index contributed by atoms with van der Waals surface area (Å²) in [5.41, 5.74) is 6.79. The zero-order chi connectivity index (χ0) is 22.5. The topological polar surface area (TPSA) is 110 Å². The van der Waals surface area contributed by atoms with Crippen LogP contribution in [0.5, 0.6) is 0 Å². The van der Waals surface area contributed by atoms with Crippen LogP contribution in [0.1, 0.15) is 31.2 Å². The molecule has 1 aromatic carbocycles. The van der Waals surface area contributed by atoms with E-state index < -0.39 is 18.0 Å². The molecule has 3 aromatic heterocycles. The zero-order valence-electron chi connectivity index (χ0n) is 17.6. The van der Waals surface area contributed by atoms with Gasteiger partial charge in [0, 0.05) is 16.9 Å². The van der Waals surface area contributed by atoms with Crippen LogP contribution in [0.4, 0.5) is 4.39 Å². The van der Waals surface area contributed by atoms with Gasteiger partial charge in [-0.2, -0.15) is 5.10 Å². The average molecular weight is 433 g/mol. The van der Waals surface area contributed by atoms with Crippen molar-refractivity contribution in [3.05, 3.63) is 72.2 Å². The Hall–Kier alpha value is -3.20. The molecule has 164 valence electrons. The number of pyridine rings is 2. The van der Waals surface area contributed by atoms with Gasteiger partial charge in [0.15, 0.2) is 11.5 Å². The van der Waals surface area contributed by atoms with Crippen LogP contribution in [0, 0.1) is 5.92 Å². The van der Waals surface area contributed by atoms with Crippen LogP contribution in [0.3, 0.4) is 0 Å². The standard InChI is InChI=1S/C24H24FN5O2/c1-23(31)11-17(12-23)24(26,32)21-6-3-5-19(29-21)15-8-9-16-14-27-30(20(16)10-15)22-7-2-4-18(13-25)28-22/h2-10,14,17,31-32H,11-13,26H2,1H3/t17?,23?,24-/m0/s1. The lowest BCUT2D eigenvalue weighted by atomic mass is 9.66. The number of hydrogen-bond acceptors (Lipinski definition) is 6. The quantitative estimate of drug-likeness (QED) is 0.417. The van der Waals surface area contributed by atoms with Gasteiger partial charge in [-0.25, -0.2) is 19.0 Å². The Labute approximate surface area is 184 Å². The first kappa shape index (κ1) is 20.7. The molecule has 0 aliphatic heterocycles. The Morgan fingerprint density at radius 2 is 1.94 bits per heavy atom. The summed E-state index contributed by atoms with van der Waals surface area (Å²) >= 11 is 0. The van der Waals surface area contributed by atoms with Gasteiger partial charge >= 0.3 is 0 Å². The van der Waals surface area contributed by atoms with Crippen LogP contribution in [-0.4, -0.2) is 35.6 Å². The second-order valence-electron chi connectivity index (χ2n) is 8.79. The predicted molar refractivity (Wildman–Crippen MR) is 118 cm³/mol. The van der Waals surface area contributed by atoms with Gasteiger partial charge in [-0.05, 0) is 50.1 Å². The first-order valence-corrected chi connectivity index (χ1v) is 10.5. The van der Waals surface area contributed by atoms with Gasteiger partial charge in [0.25, 0.3) is 0 Å². The molecule has 3 heterocycles. The van der Waals surface area contributed by atoms with Crippen LogP contribution >= 0.6 is 0 Å². The predicted octanol–water partition coefficient (Wildman–Crippen LogP) is 3.22. The summed E-state index contributed by atoms with van der Waals surface area (Å²) in [6.07, 6.45) is 2.57. The Balaban J connectivity index is 1.52. The van der Waals surface area contributed by atoms with Crippen molar-refractivity contribution in [2.24, 2.45) is 11.7 Å². The molecule has 5 rings (SSSR count). The van der Waals surface area contributed by atoms with Gasteiger partial charge in [0.2, 0.25) is 0 Å². The van der Waals surface area contributed by atoms with Crippen LogP contribution in [0.15, 0.2) is 60.8 Å². The number of halogens is 1. The SMILES string of the molecule is CC1(O)CC([C@](N)(O)c2cccc(-c3ccc4cnn(-c5cccc(CF)n5)c4c3)n2)C1. The van der Waals surface area contributed by atoms with Gasteiger partial charge in [-0.15, -0.1) is 0 Å². The highest BCUT2D eigenvalue weighted by atomic mass is 19.1. The third-order valence-electron chi connectivity index (χ3n) is 6.17. The van der Waals surface area contributed by atoms with E-state index in [1.54, 1.807) is 48.1 Å². The highest BCUT2D eigenvalue weighted by Gasteiger charge is 2.49. The van der Waals surface area contributed by atoms with Crippen molar-refractivity contribution in [2.45, 2.75) is 37.8 Å². The highest BCUT2D eigenvalue weighted by Crippen LogP contribution is 2.45. The monoisotopic (exact) mass is 433 g/mol. The molecule has 4 N–H and O–H groups in total. The molecule has 1 saturated carbocycles. The van der Waals surface area contributed by atoms with E-state index in [9.17, 15) is 14.6 Å². The van der Waals surface area contributed by atoms with Crippen LogP contribution in [0.2, 0.25) is 0 Å². The van der Waals surface area contributed by atoms with Crippen LogP contribution in [-0.2, 0) is 12.4 Å². The van der Waals surface area contributed by atoms with Crippen LogP contribution < -0.4 is 5.73 Å². The van der Waals surface area contributed by atoms with Crippen molar-refractivity contribution in [1.29, 1.82) is 0 Å². The maximum absolute atomic E-state index is 13.1. The maximum Gasteiger partial charge on any atom is 0.159 e. The Morgan fingerprint density at radius 1 is 1.16 bits per heavy atom. The molecule has 1 aliphatic rings. The molecule has 4 aromatic rings. The number of aliphatic hydroxyl groups is 2. The van der Waals surface area contributed by atoms with E-state index in [0.29, 0.717) is 35.7 Å². The molecule has 8 heteroatoms. The molecular formula is C24H24FN5O2. The second kappa shape index (κ2) is 7.44. The first-order valence-electron chi connectivity index (χ1n) is 10.5. The molecule has 0 unspecified atom stereocenters. The lowest BCUT2D eigenvalue weighted by Crippen LogP contribution is -2.56. The largest absolute Gasteiger partial charge is 0.390 e. The third kappa shape index (κ3) is 3.56. The fourth-order valence-electron chi connectivity index (χ4n) is 4.36. The second-order valence-corrected chi connectivity index (χ2v) is 8.79. The molecule has 1 atom stereocenters. The first-order chi connectivity index (χ1) is 15.3. The van der Waals surface area contributed by atoms with Gasteiger partial charge in [0.05, 0.1) is 34.4 Å². The normalized spacial score (nSPS) is 22.5. The van der Waals surface area contributed by atoms with Gasteiger partial charge in [0.1, 0.15) is 6.67 Å². The van der Waals surface area contributed by atoms with Gasteiger partial charge < -0.3 is 10.2 Å². The number of alkyl halides is 1. The van der Waals surface area contributed by atoms with Crippen molar-refractivity contribution in [3.8, 4) is 17.1 Å². The lowest BCUT2D eigenvalue weighted by molar-refractivity contribution is -0.148. The van der Waals surface area contributed by atoms with E-state index in [4.69, 9.17) is 5.73 Å². The molecule has 0 amide bonds. The number of benzene rings is 1. The van der Waals surface area contributed by atoms with E-state index in [0.717, 1.165) is 16.5 Å². The van der Waals surface area contributed by atoms with Crippen LogP contribution in [0.25, 0.3) is 28.0 Å². The fourth-order valence-corrected chi connectivity index (χ4v) is 4.36. The minimum Gasteiger partial charge on any atom is -0.390 e. The molecule has 0 saturated heterocycles. The summed E-state index contributed by atoms with van der Waals surface area (Å²) in [5, 5.41) is 26.3. The summed E-state index contributed by atoms with van der Waals surface area (Å²) in [6.45, 7) is 1.09. The van der Waals surface area contributed by atoms with Crippen molar-refractivity contribution in [2.75, 3.05) is 0 Å². The van der Waals surface area contributed by atoms with Crippen molar-refractivity contribution < 1.29 is 14.6 Å². The zero-order valence-corrected chi connectivity index (χ0v) is 17.6.